The number of unbranched alkanes of at least 4 members (excludes halogenated alkanes) is 3. The molecular weight excluding hydrogens is 346 g/mol. The van der Waals surface area contributed by atoms with E-state index in [-0.39, 0.29) is 6.73 Å². The molecule has 1 heterocycles. The van der Waals surface area contributed by atoms with E-state index in [1.807, 2.05) is 0 Å². The summed E-state index contributed by atoms with van der Waals surface area (Å²) in [6, 6.07) is 6.64. The lowest BCUT2D eigenvalue weighted by Crippen LogP contribution is -2.33. The molecule has 10 heteroatoms. The molecule has 1 unspecified atom stereocenters. The smallest absolute Gasteiger partial charge is 0.308 e. The third-order valence-electron chi connectivity index (χ3n) is 3.73. The van der Waals surface area contributed by atoms with E-state index >= 15 is 0 Å². The number of azide groups is 1. The highest BCUT2D eigenvalue weighted by molar-refractivity contribution is 7.91. The van der Waals surface area contributed by atoms with Crippen molar-refractivity contribution in [3.63, 3.8) is 0 Å². The highest BCUT2D eigenvalue weighted by Gasteiger charge is 2.47. The Hall–Kier alpha value is -2.16. The van der Waals surface area contributed by atoms with E-state index in [0.717, 1.165) is 31.9 Å². The van der Waals surface area contributed by atoms with E-state index in [0.29, 0.717) is 24.5 Å². The van der Waals surface area contributed by atoms with Crippen LogP contribution in [0.5, 0.6) is 5.75 Å². The molecule has 1 aliphatic heterocycles. The molecule has 0 saturated heterocycles. The Balaban J connectivity index is 1.84. The molecule has 1 aromatic rings. The quantitative estimate of drug-likeness (QED) is 0.271. The van der Waals surface area contributed by atoms with Crippen molar-refractivity contribution in [3.05, 3.63) is 40.3 Å². The van der Waals surface area contributed by atoms with Gasteiger partial charge in [0.15, 0.2) is 6.73 Å². The zero-order valence-corrected chi connectivity index (χ0v) is 14.9. The van der Waals surface area contributed by atoms with Crippen LogP contribution < -0.4 is 4.74 Å². The first kappa shape index (κ1) is 19.2. The largest absolute Gasteiger partial charge is 0.494 e. The molecular formula is C15H21N5O4S. The summed E-state index contributed by atoms with van der Waals surface area (Å²) in [6.07, 6.45) is 4.82. The summed E-state index contributed by atoms with van der Waals surface area (Å²) >= 11 is 0. The Kier molecular flexibility index (Phi) is 6.74. The van der Waals surface area contributed by atoms with Crippen LogP contribution >= 0.6 is 0 Å². The van der Waals surface area contributed by atoms with E-state index in [2.05, 4.69) is 20.3 Å². The normalized spacial score (nSPS) is 19.6. The van der Waals surface area contributed by atoms with Crippen LogP contribution in [-0.4, -0.2) is 34.6 Å². The lowest BCUT2D eigenvalue weighted by atomic mass is 10.2. The minimum atomic E-state index is -3.62. The fraction of sp³-hybridized carbons (Fsp3) is 0.600. The van der Waals surface area contributed by atoms with Gasteiger partial charge in [-0.1, -0.05) is 18.0 Å². The summed E-state index contributed by atoms with van der Waals surface area (Å²) in [5.74, 6) is 0.649. The average molecular weight is 367 g/mol. The van der Waals surface area contributed by atoms with Crippen LogP contribution in [-0.2, 0) is 19.6 Å². The number of azo groups is 1. The van der Waals surface area contributed by atoms with E-state index < -0.39 is 14.9 Å². The van der Waals surface area contributed by atoms with Crippen molar-refractivity contribution >= 4 is 9.84 Å². The Labute approximate surface area is 146 Å². The molecule has 1 atom stereocenters. The van der Waals surface area contributed by atoms with E-state index in [9.17, 15) is 8.42 Å². The molecule has 0 aliphatic carbocycles. The molecule has 0 spiro atoms. The number of benzene rings is 1. The molecule has 136 valence electrons. The van der Waals surface area contributed by atoms with Gasteiger partial charge < -0.3 is 9.47 Å². The van der Waals surface area contributed by atoms with Crippen LogP contribution in [0, 0.1) is 0 Å². The molecule has 0 amide bonds. The lowest BCUT2D eigenvalue weighted by molar-refractivity contribution is 0.0619. The van der Waals surface area contributed by atoms with Crippen LogP contribution in [0.3, 0.4) is 0 Å². The summed E-state index contributed by atoms with van der Waals surface area (Å²) in [5.41, 5.74) is 8.57. The summed E-state index contributed by atoms with van der Waals surface area (Å²) < 4.78 is 35.0. The second-order valence-electron chi connectivity index (χ2n) is 5.61. The molecule has 2 rings (SSSR count). The lowest BCUT2D eigenvalue weighted by Gasteiger charge is -2.22. The van der Waals surface area contributed by atoms with Crippen molar-refractivity contribution in [1.29, 1.82) is 0 Å². The van der Waals surface area contributed by atoms with Gasteiger partial charge >= 0.3 is 5.06 Å². The second kappa shape index (κ2) is 8.80. The maximum absolute atomic E-state index is 12.0. The van der Waals surface area contributed by atoms with Crippen LogP contribution in [0.15, 0.2) is 39.6 Å². The van der Waals surface area contributed by atoms with Gasteiger partial charge in [0.2, 0.25) is 9.84 Å². The third-order valence-corrected chi connectivity index (χ3v) is 5.17. The molecule has 0 fully saturated rings. The van der Waals surface area contributed by atoms with Crippen molar-refractivity contribution in [2.24, 2.45) is 15.3 Å². The van der Waals surface area contributed by atoms with Crippen molar-refractivity contribution in [1.82, 2.24) is 0 Å². The fourth-order valence-electron chi connectivity index (χ4n) is 2.44. The first-order chi connectivity index (χ1) is 12.0. The predicted octanol–water partition coefficient (Wildman–Crippen LogP) is 3.53. The summed E-state index contributed by atoms with van der Waals surface area (Å²) in [7, 11) is -3.62. The van der Waals surface area contributed by atoms with Crippen molar-refractivity contribution in [2.45, 2.75) is 30.7 Å². The first-order valence-corrected chi connectivity index (χ1v) is 9.85. The monoisotopic (exact) mass is 367 g/mol. The Bertz CT molecular complexity index is 744. The maximum Gasteiger partial charge on any atom is 0.308 e. The van der Waals surface area contributed by atoms with Crippen molar-refractivity contribution in [2.75, 3.05) is 26.1 Å². The SMILES string of the molecule is CS(=O)(=O)C1(c2ccc(OCCCCCCN=[N+]=[N-])cc2)N=NCO1. The van der Waals surface area contributed by atoms with Crippen LogP contribution in [0.4, 0.5) is 0 Å². The van der Waals surface area contributed by atoms with Gasteiger partial charge in [0.1, 0.15) is 5.75 Å². The molecule has 0 saturated carbocycles. The number of sulfone groups is 1. The van der Waals surface area contributed by atoms with Gasteiger partial charge in [0.05, 0.1) is 6.61 Å². The highest BCUT2D eigenvalue weighted by Crippen LogP contribution is 2.37. The molecule has 0 N–H and O–H groups in total. The maximum atomic E-state index is 12.0. The number of nitrogens with zero attached hydrogens (tertiary/aromatic N) is 5. The van der Waals surface area contributed by atoms with Gasteiger partial charge in [-0.15, -0.1) is 5.11 Å². The molecule has 1 aliphatic rings. The van der Waals surface area contributed by atoms with E-state index in [1.54, 1.807) is 24.3 Å². The summed E-state index contributed by atoms with van der Waals surface area (Å²) in [4.78, 5) is 2.71. The Morgan fingerprint density at radius 2 is 2.00 bits per heavy atom. The number of hydrogen-bond donors (Lipinski definition) is 0. The van der Waals surface area contributed by atoms with E-state index in [4.69, 9.17) is 15.0 Å². The average Bonchev–Trinajstić information content (AvgIpc) is 3.09. The van der Waals surface area contributed by atoms with Crippen LogP contribution in [0.2, 0.25) is 0 Å². The summed E-state index contributed by atoms with van der Waals surface area (Å²) in [6.45, 7) is 1.01. The minimum Gasteiger partial charge on any atom is -0.494 e. The van der Waals surface area contributed by atoms with Crippen molar-refractivity contribution in [3.8, 4) is 5.75 Å². The minimum absolute atomic E-state index is 0.0784. The highest BCUT2D eigenvalue weighted by atomic mass is 32.2. The third kappa shape index (κ3) is 4.91. The molecule has 25 heavy (non-hydrogen) atoms. The summed E-state index contributed by atoms with van der Waals surface area (Å²) in [5, 5.41) is 9.19. The molecule has 9 nitrogen and oxygen atoms in total. The topological polar surface area (TPSA) is 126 Å². The van der Waals surface area contributed by atoms with Crippen molar-refractivity contribution < 1.29 is 17.9 Å². The predicted molar refractivity (Wildman–Crippen MR) is 91.7 cm³/mol. The van der Waals surface area contributed by atoms with Gasteiger partial charge in [-0.2, -0.15) is 5.11 Å². The zero-order chi connectivity index (χ0) is 18.2. The number of hydrogen-bond acceptors (Lipinski definition) is 7. The zero-order valence-electron chi connectivity index (χ0n) is 14.0. The standard InChI is InChI=1S/C15H21N5O4S/c1-25(21,22)15(19-18-12-24-15)13-6-8-14(9-7-13)23-11-5-3-2-4-10-17-20-16/h6-9H,2-5,10-12H2,1H3. The molecule has 1 aromatic carbocycles. The number of ether oxygens (including phenoxy) is 2. The van der Waals surface area contributed by atoms with Gasteiger partial charge in [-0.05, 0) is 42.6 Å². The second-order valence-corrected chi connectivity index (χ2v) is 7.71. The van der Waals surface area contributed by atoms with Gasteiger partial charge in [-0.3, -0.25) is 0 Å². The van der Waals surface area contributed by atoms with Gasteiger partial charge in [0, 0.05) is 23.3 Å². The fourth-order valence-corrected chi connectivity index (χ4v) is 3.48. The van der Waals surface area contributed by atoms with Gasteiger partial charge in [-0.25, -0.2) is 8.42 Å². The molecule has 0 radical (unpaired) electrons. The Morgan fingerprint density at radius 1 is 1.28 bits per heavy atom. The molecule has 0 aromatic heterocycles. The molecule has 0 bridgehead atoms. The van der Waals surface area contributed by atoms with Crippen LogP contribution in [0.1, 0.15) is 31.2 Å². The van der Waals surface area contributed by atoms with E-state index in [1.165, 1.54) is 0 Å². The van der Waals surface area contributed by atoms with Gasteiger partial charge in [0.25, 0.3) is 0 Å². The number of rotatable bonds is 10. The van der Waals surface area contributed by atoms with Crippen LogP contribution in [0.25, 0.3) is 10.4 Å². The first-order valence-electron chi connectivity index (χ1n) is 7.96. The Morgan fingerprint density at radius 3 is 2.60 bits per heavy atom.